The highest BCUT2D eigenvalue weighted by atomic mass is 16.6. The van der Waals surface area contributed by atoms with Crippen molar-refractivity contribution in [3.05, 3.63) is 29.8 Å². The first kappa shape index (κ1) is 53.1. The third-order valence-corrected chi connectivity index (χ3v) is 7.83. The summed E-state index contributed by atoms with van der Waals surface area (Å²) < 4.78 is 71.5. The van der Waals surface area contributed by atoms with Gasteiger partial charge in [-0.25, -0.2) is 0 Å². The van der Waals surface area contributed by atoms with Gasteiger partial charge >= 0.3 is 5.97 Å². The van der Waals surface area contributed by atoms with Crippen molar-refractivity contribution < 1.29 is 66.4 Å². The molecule has 0 amide bonds. The number of unbranched alkanes of at least 4 members (excludes halogenated alkanes) is 5. The smallest absolute Gasteiger partial charge is 0.308 e. The van der Waals surface area contributed by atoms with E-state index in [1.165, 1.54) is 44.1 Å². The van der Waals surface area contributed by atoms with E-state index >= 15 is 0 Å². The molecule has 0 heterocycles. The topological polar surface area (TPSA) is 137 Å². The fraction of sp³-hybridized carbons (Fsp3) is 0.837. The van der Waals surface area contributed by atoms with Crippen LogP contribution in [0.15, 0.2) is 24.3 Å². The van der Waals surface area contributed by atoms with E-state index in [4.69, 9.17) is 61.6 Å². The number of carbonyl (C=O) groups is 1. The van der Waals surface area contributed by atoms with E-state index in [0.29, 0.717) is 152 Å². The zero-order chi connectivity index (χ0) is 41.2. The molecule has 334 valence electrons. The number of rotatable bonds is 44. The van der Waals surface area contributed by atoms with Crippen LogP contribution in [0.3, 0.4) is 0 Å². The zero-order valence-electron chi connectivity index (χ0n) is 35.9. The maximum absolute atomic E-state index is 11.6. The molecular formula is C43H78O14. The number of hydrogen-bond donors (Lipinski definition) is 0. The highest BCUT2D eigenvalue weighted by molar-refractivity contribution is 5.69. The maximum atomic E-state index is 11.6. The average molecular weight is 819 g/mol. The summed E-state index contributed by atoms with van der Waals surface area (Å²) in [6.45, 7) is 19.0. The van der Waals surface area contributed by atoms with Crippen LogP contribution >= 0.6 is 0 Å². The molecular weight excluding hydrogens is 740 g/mol. The minimum atomic E-state index is -0.475. The summed E-state index contributed by atoms with van der Waals surface area (Å²) in [6, 6.07) is 8.43. The predicted molar refractivity (Wildman–Crippen MR) is 218 cm³/mol. The molecule has 0 aliphatic rings. The molecule has 14 nitrogen and oxygen atoms in total. The van der Waals surface area contributed by atoms with E-state index in [-0.39, 0.29) is 12.4 Å². The summed E-state index contributed by atoms with van der Waals surface area (Å²) in [4.78, 5) is 11.6. The third-order valence-electron chi connectivity index (χ3n) is 7.83. The lowest BCUT2D eigenvalue weighted by atomic mass is 10.0. The molecule has 0 radical (unpaired) electrons. The van der Waals surface area contributed by atoms with Crippen LogP contribution < -0.4 is 4.74 Å². The molecule has 1 rings (SSSR count). The van der Waals surface area contributed by atoms with Crippen LogP contribution in [0.2, 0.25) is 0 Å². The summed E-state index contributed by atoms with van der Waals surface area (Å²) in [5.74, 6) is 0.617. The van der Waals surface area contributed by atoms with Crippen LogP contribution in [-0.2, 0) is 68.1 Å². The van der Waals surface area contributed by atoms with E-state index in [1.807, 2.05) is 32.9 Å². The van der Waals surface area contributed by atoms with Crippen molar-refractivity contribution in [2.45, 2.75) is 84.7 Å². The molecule has 0 bridgehead atoms. The van der Waals surface area contributed by atoms with Gasteiger partial charge in [0.05, 0.1) is 152 Å². The lowest BCUT2D eigenvalue weighted by Gasteiger charge is -2.19. The predicted octanol–water partition coefficient (Wildman–Crippen LogP) is 5.88. The number of hydrogen-bond acceptors (Lipinski definition) is 14. The second kappa shape index (κ2) is 40.8. The lowest BCUT2D eigenvalue weighted by molar-refractivity contribution is -0.156. The second-order valence-corrected chi connectivity index (χ2v) is 14.1. The molecule has 0 unspecified atom stereocenters. The van der Waals surface area contributed by atoms with Crippen molar-refractivity contribution in [3.8, 4) is 5.75 Å². The van der Waals surface area contributed by atoms with Gasteiger partial charge < -0.3 is 61.6 Å². The van der Waals surface area contributed by atoms with Crippen LogP contribution in [0.4, 0.5) is 0 Å². The van der Waals surface area contributed by atoms with Gasteiger partial charge in [0.2, 0.25) is 0 Å². The van der Waals surface area contributed by atoms with Crippen LogP contribution in [0.1, 0.15) is 78.2 Å². The van der Waals surface area contributed by atoms with E-state index < -0.39 is 5.60 Å². The Balaban J connectivity index is 1.68. The number of benzene rings is 1. The highest BCUT2D eigenvalue weighted by Crippen LogP contribution is 2.15. The summed E-state index contributed by atoms with van der Waals surface area (Å²) in [5, 5.41) is 0. The molecule has 0 atom stereocenters. The van der Waals surface area contributed by atoms with Crippen molar-refractivity contribution >= 4 is 5.97 Å². The van der Waals surface area contributed by atoms with Gasteiger partial charge in [-0.05, 0) is 51.3 Å². The van der Waals surface area contributed by atoms with Crippen LogP contribution in [0.5, 0.6) is 5.75 Å². The van der Waals surface area contributed by atoms with Crippen LogP contribution in [0, 0.1) is 0 Å². The minimum absolute atomic E-state index is 0.231. The number of esters is 1. The molecule has 0 saturated carbocycles. The van der Waals surface area contributed by atoms with E-state index in [1.54, 1.807) is 0 Å². The van der Waals surface area contributed by atoms with Crippen LogP contribution in [-0.4, -0.2) is 164 Å². The molecule has 57 heavy (non-hydrogen) atoms. The number of aryl methyl sites for hydroxylation is 1. The van der Waals surface area contributed by atoms with Gasteiger partial charge in [-0.2, -0.15) is 0 Å². The van der Waals surface area contributed by atoms with Gasteiger partial charge in [-0.3, -0.25) is 4.79 Å². The molecule has 0 aromatic heterocycles. The number of carbonyl (C=O) groups excluding carboxylic acids is 1. The Bertz CT molecular complexity index is 976. The second-order valence-electron chi connectivity index (χ2n) is 14.1. The molecule has 0 fully saturated rings. The van der Waals surface area contributed by atoms with Crippen molar-refractivity contribution in [3.63, 3.8) is 0 Å². The summed E-state index contributed by atoms with van der Waals surface area (Å²) in [6.07, 6.45) is 9.30. The zero-order valence-corrected chi connectivity index (χ0v) is 35.9. The highest BCUT2D eigenvalue weighted by Gasteiger charge is 2.15. The molecule has 1 aromatic rings. The quantitative estimate of drug-likeness (QED) is 0.0573. The first-order chi connectivity index (χ1) is 27.9. The first-order valence-corrected chi connectivity index (χ1v) is 21.2. The molecule has 1 aromatic carbocycles. The Morgan fingerprint density at radius 2 is 0.737 bits per heavy atom. The van der Waals surface area contributed by atoms with Crippen molar-refractivity contribution in [2.75, 3.05) is 152 Å². The van der Waals surface area contributed by atoms with E-state index in [9.17, 15) is 4.79 Å². The molecule has 0 aliphatic heterocycles. The van der Waals surface area contributed by atoms with Crippen molar-refractivity contribution in [1.82, 2.24) is 0 Å². The van der Waals surface area contributed by atoms with Gasteiger partial charge in [0.15, 0.2) is 0 Å². The van der Waals surface area contributed by atoms with Gasteiger partial charge in [0.25, 0.3) is 0 Å². The van der Waals surface area contributed by atoms with Gasteiger partial charge in [0.1, 0.15) is 18.0 Å². The SMILES string of the molecule is CCCCCCCCc1ccc(OCCOCCOCCOCCOCCOCCOCCOCCOCCOCCOCCOCCC(=O)OC(C)(C)C)cc1. The Hall–Kier alpha value is -1.95. The maximum Gasteiger partial charge on any atom is 0.308 e. The standard InChI is InChI=1S/C43H78O14/c1-5-6-7-8-9-10-11-40-12-14-41(15-13-40)56-39-38-55-37-36-54-35-34-53-33-32-52-31-30-51-29-28-50-27-26-49-25-24-48-23-22-47-21-20-46-19-18-45-17-16-42(44)57-43(2,3)4/h12-15H,5-11,16-39H2,1-4H3. The minimum Gasteiger partial charge on any atom is -0.491 e. The fourth-order valence-electron chi connectivity index (χ4n) is 4.93. The largest absolute Gasteiger partial charge is 0.491 e. The first-order valence-electron chi connectivity index (χ1n) is 21.2. The molecule has 0 aliphatic carbocycles. The Morgan fingerprint density at radius 3 is 1.09 bits per heavy atom. The van der Waals surface area contributed by atoms with E-state index in [2.05, 4.69) is 19.1 Å². The Kier molecular flexibility index (Phi) is 38.0. The summed E-state index contributed by atoms with van der Waals surface area (Å²) in [5.41, 5.74) is 0.899. The fourth-order valence-corrected chi connectivity index (χ4v) is 4.93. The van der Waals surface area contributed by atoms with Gasteiger partial charge in [-0.15, -0.1) is 0 Å². The molecule has 0 N–H and O–H groups in total. The van der Waals surface area contributed by atoms with E-state index in [0.717, 1.165) is 12.2 Å². The Labute approximate surface area is 344 Å². The van der Waals surface area contributed by atoms with Crippen LogP contribution in [0.25, 0.3) is 0 Å². The summed E-state index contributed by atoms with van der Waals surface area (Å²) >= 11 is 0. The summed E-state index contributed by atoms with van der Waals surface area (Å²) in [7, 11) is 0. The number of ether oxygens (including phenoxy) is 13. The van der Waals surface area contributed by atoms with Crippen molar-refractivity contribution in [2.24, 2.45) is 0 Å². The molecule has 14 heteroatoms. The van der Waals surface area contributed by atoms with Gasteiger partial charge in [-0.1, -0.05) is 51.2 Å². The lowest BCUT2D eigenvalue weighted by Crippen LogP contribution is -2.24. The molecule has 0 saturated heterocycles. The van der Waals surface area contributed by atoms with Gasteiger partial charge in [0, 0.05) is 0 Å². The third kappa shape index (κ3) is 40.6. The normalized spacial score (nSPS) is 11.7. The molecule has 0 spiro atoms. The Morgan fingerprint density at radius 1 is 0.421 bits per heavy atom. The average Bonchev–Trinajstić information content (AvgIpc) is 3.19. The monoisotopic (exact) mass is 819 g/mol. The van der Waals surface area contributed by atoms with Crippen molar-refractivity contribution in [1.29, 1.82) is 0 Å².